The van der Waals surface area contributed by atoms with Gasteiger partial charge in [0.2, 0.25) is 0 Å². The maximum absolute atomic E-state index is 13.5. The Morgan fingerprint density at radius 3 is 2.48 bits per heavy atom. The Kier molecular flexibility index (Phi) is 4.89. The van der Waals surface area contributed by atoms with Crippen LogP contribution in [0.5, 0.6) is 0 Å². The van der Waals surface area contributed by atoms with Gasteiger partial charge >= 0.3 is 6.55 Å². The zero-order valence-electron chi connectivity index (χ0n) is 14.6. The van der Waals surface area contributed by atoms with Crippen molar-refractivity contribution >= 4 is 22.8 Å². The van der Waals surface area contributed by atoms with Crippen LogP contribution in [0.25, 0.3) is 11.0 Å². The van der Waals surface area contributed by atoms with Crippen molar-refractivity contribution in [2.75, 3.05) is 0 Å². The Labute approximate surface area is 159 Å². The largest absolute Gasteiger partial charge is 0.320 e. The smallest absolute Gasteiger partial charge is 0.309 e. The molecule has 0 spiro atoms. The first-order valence-corrected chi connectivity index (χ1v) is 9.41. The molecule has 0 saturated heterocycles. The number of alkyl halides is 2. The van der Waals surface area contributed by atoms with Gasteiger partial charge in [0.05, 0.1) is 16.8 Å². The van der Waals surface area contributed by atoms with Crippen LogP contribution in [0.4, 0.5) is 8.78 Å². The fourth-order valence-electron chi connectivity index (χ4n) is 2.95. The third-order valence-electron chi connectivity index (χ3n) is 4.32. The molecule has 0 fully saturated rings. The molecule has 0 aliphatic carbocycles. The van der Waals surface area contributed by atoms with Gasteiger partial charge in [0.25, 0.3) is 0 Å². The predicted octanol–water partition coefficient (Wildman–Crippen LogP) is 4.44. The van der Waals surface area contributed by atoms with Crippen LogP contribution in [0, 0.1) is 0 Å². The number of para-hydroxylation sites is 2. The number of aromatic nitrogens is 5. The van der Waals surface area contributed by atoms with Crippen molar-refractivity contribution in [3.05, 3.63) is 71.8 Å². The van der Waals surface area contributed by atoms with Gasteiger partial charge in [0.1, 0.15) is 11.6 Å². The molecule has 27 heavy (non-hydrogen) atoms. The number of halogens is 2. The summed E-state index contributed by atoms with van der Waals surface area (Å²) in [6.45, 7) is -2.64. The van der Waals surface area contributed by atoms with Gasteiger partial charge in [-0.1, -0.05) is 54.2 Å². The number of hydrogen-bond donors (Lipinski definition) is 0. The minimum Gasteiger partial charge on any atom is -0.309 e. The molecule has 0 N–H and O–H groups in total. The van der Waals surface area contributed by atoms with Gasteiger partial charge in [-0.15, -0.1) is 10.2 Å². The van der Waals surface area contributed by atoms with E-state index in [0.717, 1.165) is 16.0 Å². The van der Waals surface area contributed by atoms with Gasteiger partial charge in [0.15, 0.2) is 5.16 Å². The van der Waals surface area contributed by atoms with E-state index in [9.17, 15) is 8.78 Å². The fraction of sp³-hybridized carbons (Fsp3) is 0.211. The lowest BCUT2D eigenvalue weighted by atomic mass is 10.1. The van der Waals surface area contributed by atoms with Crippen molar-refractivity contribution in [1.29, 1.82) is 0 Å². The van der Waals surface area contributed by atoms with Crippen LogP contribution in [-0.2, 0) is 19.2 Å². The summed E-state index contributed by atoms with van der Waals surface area (Å²) >= 11 is 1.35. The van der Waals surface area contributed by atoms with E-state index in [1.807, 2.05) is 41.9 Å². The summed E-state index contributed by atoms with van der Waals surface area (Å²) in [5.74, 6) is 1.44. The Morgan fingerprint density at radius 2 is 1.70 bits per heavy atom. The van der Waals surface area contributed by atoms with Crippen molar-refractivity contribution in [3.63, 3.8) is 0 Å². The third kappa shape index (κ3) is 3.57. The van der Waals surface area contributed by atoms with E-state index in [-0.39, 0.29) is 5.75 Å². The molecule has 2 aromatic carbocycles. The van der Waals surface area contributed by atoms with Crippen molar-refractivity contribution in [1.82, 2.24) is 24.3 Å². The first-order valence-electron chi connectivity index (χ1n) is 8.42. The Bertz CT molecular complexity index is 1060. The number of thioether (sulfide) groups is 1. The summed E-state index contributed by atoms with van der Waals surface area (Å²) in [6, 6.07) is 16.9. The van der Waals surface area contributed by atoms with Crippen LogP contribution in [0.1, 0.15) is 23.8 Å². The van der Waals surface area contributed by atoms with Crippen molar-refractivity contribution in [3.8, 4) is 0 Å². The van der Waals surface area contributed by atoms with Crippen LogP contribution in [0.15, 0.2) is 59.8 Å². The quantitative estimate of drug-likeness (QED) is 0.460. The maximum Gasteiger partial charge on any atom is 0.320 e. The number of nitrogens with zero attached hydrogens (tertiary/aromatic N) is 5. The lowest BCUT2D eigenvalue weighted by Crippen LogP contribution is -2.04. The van der Waals surface area contributed by atoms with Crippen molar-refractivity contribution < 1.29 is 8.78 Å². The molecule has 2 aromatic heterocycles. The monoisotopic (exact) mass is 385 g/mol. The summed E-state index contributed by atoms with van der Waals surface area (Å²) in [7, 11) is 1.89. The summed E-state index contributed by atoms with van der Waals surface area (Å²) in [4.78, 5) is 4.36. The van der Waals surface area contributed by atoms with E-state index in [1.165, 1.54) is 11.8 Å². The second-order valence-electron chi connectivity index (χ2n) is 6.07. The number of imidazole rings is 1. The minimum atomic E-state index is -2.64. The normalized spacial score (nSPS) is 11.6. The van der Waals surface area contributed by atoms with E-state index < -0.39 is 6.55 Å². The summed E-state index contributed by atoms with van der Waals surface area (Å²) in [5, 5.41) is 9.12. The summed E-state index contributed by atoms with van der Waals surface area (Å²) in [6.07, 6.45) is 0.667. The second-order valence-corrected chi connectivity index (χ2v) is 7.02. The van der Waals surface area contributed by atoms with Crippen molar-refractivity contribution in [2.45, 2.75) is 23.9 Å². The molecule has 4 rings (SSSR count). The molecule has 0 bridgehead atoms. The van der Waals surface area contributed by atoms with Crippen LogP contribution in [0.2, 0.25) is 0 Å². The molecule has 138 valence electrons. The number of fused-ring (bicyclic) bond motifs is 1. The zero-order chi connectivity index (χ0) is 18.8. The number of hydrogen-bond acceptors (Lipinski definition) is 4. The van der Waals surface area contributed by atoms with Gasteiger partial charge in [0, 0.05) is 13.5 Å². The van der Waals surface area contributed by atoms with E-state index in [0.29, 0.717) is 28.4 Å². The fourth-order valence-corrected chi connectivity index (χ4v) is 3.81. The predicted molar refractivity (Wildman–Crippen MR) is 101 cm³/mol. The highest BCUT2D eigenvalue weighted by Gasteiger charge is 2.19. The van der Waals surface area contributed by atoms with Gasteiger partial charge in [-0.05, 0) is 17.7 Å². The third-order valence-corrected chi connectivity index (χ3v) is 5.34. The molecule has 0 aliphatic heterocycles. The summed E-state index contributed by atoms with van der Waals surface area (Å²) < 4.78 is 29.9. The molecule has 5 nitrogen and oxygen atoms in total. The van der Waals surface area contributed by atoms with E-state index in [2.05, 4.69) is 15.2 Å². The first-order chi connectivity index (χ1) is 13.1. The maximum atomic E-state index is 13.5. The number of benzene rings is 2. The standard InChI is InChI=1S/C19H17F2N5S/c1-25-16(11-13-7-3-2-4-8-13)23-24-19(25)27-12-17-22-14-9-5-6-10-15(14)26(17)18(20)21/h2-10,18H,11-12H2,1H3. The molecule has 0 amide bonds. The lowest BCUT2D eigenvalue weighted by Gasteiger charge is -2.07. The van der Waals surface area contributed by atoms with Gasteiger partial charge in [-0.25, -0.2) is 4.98 Å². The highest BCUT2D eigenvalue weighted by Crippen LogP contribution is 2.28. The number of rotatable bonds is 6. The lowest BCUT2D eigenvalue weighted by molar-refractivity contribution is 0.0722. The molecule has 0 saturated carbocycles. The van der Waals surface area contributed by atoms with Gasteiger partial charge < -0.3 is 4.57 Å². The zero-order valence-corrected chi connectivity index (χ0v) is 15.4. The Hall–Kier alpha value is -2.74. The van der Waals surface area contributed by atoms with E-state index in [1.54, 1.807) is 24.3 Å². The van der Waals surface area contributed by atoms with Crippen molar-refractivity contribution in [2.24, 2.45) is 7.05 Å². The second kappa shape index (κ2) is 7.48. The Morgan fingerprint density at radius 1 is 0.963 bits per heavy atom. The Balaban J connectivity index is 1.54. The highest BCUT2D eigenvalue weighted by atomic mass is 32.2. The molecular formula is C19H17F2N5S. The average molecular weight is 385 g/mol. The molecule has 0 aliphatic rings. The first kappa shape index (κ1) is 17.7. The SMILES string of the molecule is Cn1c(Cc2ccccc2)nnc1SCc1nc2ccccc2n1C(F)F. The molecule has 0 atom stereocenters. The van der Waals surface area contributed by atoms with Crippen LogP contribution in [-0.4, -0.2) is 24.3 Å². The summed E-state index contributed by atoms with van der Waals surface area (Å²) in [5.41, 5.74) is 2.14. The van der Waals surface area contributed by atoms with E-state index in [4.69, 9.17) is 0 Å². The van der Waals surface area contributed by atoms with Crippen LogP contribution in [0.3, 0.4) is 0 Å². The highest BCUT2D eigenvalue weighted by molar-refractivity contribution is 7.98. The molecular weight excluding hydrogens is 368 g/mol. The van der Waals surface area contributed by atoms with Crippen LogP contribution >= 0.6 is 11.8 Å². The van der Waals surface area contributed by atoms with Gasteiger partial charge in [-0.2, -0.15) is 8.78 Å². The molecule has 0 radical (unpaired) electrons. The molecule has 8 heteroatoms. The van der Waals surface area contributed by atoms with Crippen LogP contribution < -0.4 is 0 Å². The topological polar surface area (TPSA) is 48.5 Å². The minimum absolute atomic E-state index is 0.288. The van der Waals surface area contributed by atoms with E-state index >= 15 is 0 Å². The molecule has 4 aromatic rings. The molecule has 2 heterocycles. The average Bonchev–Trinajstić information content (AvgIpc) is 3.21. The molecule has 0 unspecified atom stereocenters. The van der Waals surface area contributed by atoms with Gasteiger partial charge in [-0.3, -0.25) is 4.57 Å².